The first kappa shape index (κ1) is 15.6. The minimum Gasteiger partial charge on any atom is -0.477 e. The molecule has 128 valence electrons. The van der Waals surface area contributed by atoms with E-state index in [-0.39, 0.29) is 11.4 Å². The lowest BCUT2D eigenvalue weighted by Gasteiger charge is -1.96. The van der Waals surface area contributed by atoms with Crippen molar-refractivity contribution in [2.24, 2.45) is 0 Å². The van der Waals surface area contributed by atoms with E-state index in [1.54, 1.807) is 19.1 Å². The normalized spacial score (nSPS) is 12.4. The Hall–Kier alpha value is -2.91. The van der Waals surface area contributed by atoms with Gasteiger partial charge >= 0.3 is 11.9 Å². The van der Waals surface area contributed by atoms with Crippen LogP contribution in [0.3, 0.4) is 0 Å². The van der Waals surface area contributed by atoms with Crippen LogP contribution in [0.4, 0.5) is 0 Å². The molecule has 0 saturated carbocycles. The molecule has 25 heavy (non-hydrogen) atoms. The van der Waals surface area contributed by atoms with Gasteiger partial charge in [-0.05, 0) is 24.3 Å². The first-order valence-corrected chi connectivity index (χ1v) is 8.66. The molecule has 0 bridgehead atoms. The number of hydrogen-bond donors (Lipinski definition) is 2. The molecule has 4 rings (SSSR count). The average Bonchev–Trinajstić information content (AvgIpc) is 3.01. The second-order valence-electron chi connectivity index (χ2n) is 5.65. The van der Waals surface area contributed by atoms with E-state index in [0.29, 0.717) is 38.9 Å². The Balaban J connectivity index is 2.05. The van der Waals surface area contributed by atoms with Crippen molar-refractivity contribution in [2.45, 2.75) is 18.4 Å². The largest absolute Gasteiger partial charge is 0.477 e. The van der Waals surface area contributed by atoms with Crippen LogP contribution in [0.15, 0.2) is 44.1 Å². The van der Waals surface area contributed by atoms with Gasteiger partial charge in [0, 0.05) is 10.8 Å². The summed E-state index contributed by atoms with van der Waals surface area (Å²) in [6.07, 6.45) is 0. The van der Waals surface area contributed by atoms with Crippen LogP contribution in [-0.2, 0) is 21.5 Å². The van der Waals surface area contributed by atoms with Gasteiger partial charge in [-0.2, -0.15) is 8.42 Å². The minimum absolute atomic E-state index is 0.237. The second kappa shape index (κ2) is 5.04. The van der Waals surface area contributed by atoms with Gasteiger partial charge in [-0.3, -0.25) is 4.55 Å². The molecule has 0 spiro atoms. The van der Waals surface area contributed by atoms with E-state index < -0.39 is 16.1 Å². The van der Waals surface area contributed by atoms with Gasteiger partial charge in [-0.15, -0.1) is 4.57 Å². The molecule has 2 aromatic heterocycles. The third-order valence-corrected chi connectivity index (χ3v) is 4.89. The summed E-state index contributed by atoms with van der Waals surface area (Å²) in [6, 6.07) is 7.34. The van der Waals surface area contributed by atoms with Crippen LogP contribution >= 0.6 is 0 Å². The molecule has 0 fully saturated rings. The number of oxazole rings is 1. The van der Waals surface area contributed by atoms with Crippen LogP contribution in [-0.4, -0.2) is 24.0 Å². The highest BCUT2D eigenvalue weighted by Crippen LogP contribution is 2.33. The van der Waals surface area contributed by atoms with Crippen molar-refractivity contribution < 1.29 is 36.3 Å². The number of carboxylic acid groups (broad SMARTS) is 1. The van der Waals surface area contributed by atoms with Crippen LogP contribution in [0, 0.1) is 6.92 Å². The molecule has 0 radical (unpaired) electrons. The number of rotatable bonds is 3. The third-order valence-electron chi connectivity index (χ3n) is 4.04. The number of benzene rings is 2. The van der Waals surface area contributed by atoms with E-state index in [4.69, 9.17) is 13.9 Å². The van der Waals surface area contributed by atoms with E-state index in [0.717, 1.165) is 0 Å². The highest BCUT2D eigenvalue weighted by molar-refractivity contribution is 7.85. The minimum atomic E-state index is -4.33. The Kier molecular flexibility index (Phi) is 3.15. The van der Waals surface area contributed by atoms with Crippen molar-refractivity contribution in [2.75, 3.05) is 0 Å². The summed E-state index contributed by atoms with van der Waals surface area (Å²) in [5, 5.41) is 10.1. The molecule has 0 aliphatic heterocycles. The molecule has 2 aromatic carbocycles. The smallest absolute Gasteiger partial charge is 0.370 e. The fraction of sp³-hybridized carbons (Fsp3) is 0.125. The lowest BCUT2D eigenvalue weighted by molar-refractivity contribution is -0.671. The summed E-state index contributed by atoms with van der Waals surface area (Å²) in [4.78, 5) is 10.8. The molecule has 2 heterocycles. The zero-order valence-electron chi connectivity index (χ0n) is 12.9. The lowest BCUT2D eigenvalue weighted by Crippen LogP contribution is -2.39. The quantitative estimate of drug-likeness (QED) is 0.423. The first-order chi connectivity index (χ1) is 11.7. The van der Waals surface area contributed by atoms with E-state index in [2.05, 4.69) is 0 Å². The number of carboxylic acids is 1. The Morgan fingerprint density at radius 1 is 1.08 bits per heavy atom. The maximum atomic E-state index is 11.3. The van der Waals surface area contributed by atoms with Gasteiger partial charge < -0.3 is 13.9 Å². The number of aliphatic carboxylic acids is 1. The molecule has 0 saturated heterocycles. The Bertz CT molecular complexity index is 1280. The van der Waals surface area contributed by atoms with E-state index in [1.165, 1.54) is 22.8 Å². The summed E-state index contributed by atoms with van der Waals surface area (Å²) in [6.45, 7) is 1.40. The predicted molar refractivity (Wildman–Crippen MR) is 85.9 cm³/mol. The number of carbonyl (C=O) groups is 1. The SMILES string of the molecule is Cc1oc2cc3c(cc2[n+]1CC(=O)O)oc1ccc(S(=O)(=O)O)cc13. The molecular weight excluding hydrogens is 350 g/mol. The molecular formula is C16H12NO7S+. The number of furan rings is 1. The summed E-state index contributed by atoms with van der Waals surface area (Å²) in [7, 11) is -4.33. The van der Waals surface area contributed by atoms with Gasteiger partial charge in [0.2, 0.25) is 12.1 Å². The van der Waals surface area contributed by atoms with Crippen molar-refractivity contribution in [1.82, 2.24) is 0 Å². The number of nitrogens with zero attached hydrogens (tertiary/aromatic N) is 1. The van der Waals surface area contributed by atoms with Crippen LogP contribution in [0.1, 0.15) is 5.89 Å². The molecule has 0 amide bonds. The molecule has 9 heteroatoms. The van der Waals surface area contributed by atoms with Crippen molar-refractivity contribution in [1.29, 1.82) is 0 Å². The second-order valence-corrected chi connectivity index (χ2v) is 7.07. The van der Waals surface area contributed by atoms with Crippen molar-refractivity contribution in [3.8, 4) is 0 Å². The number of aromatic nitrogens is 1. The van der Waals surface area contributed by atoms with Gasteiger partial charge in [-0.1, -0.05) is 0 Å². The van der Waals surface area contributed by atoms with E-state index in [1.807, 2.05) is 0 Å². The summed E-state index contributed by atoms with van der Waals surface area (Å²) < 4.78 is 44.7. The molecule has 8 nitrogen and oxygen atoms in total. The van der Waals surface area contributed by atoms with E-state index in [9.17, 15) is 17.8 Å². The fourth-order valence-electron chi connectivity index (χ4n) is 2.94. The average molecular weight is 362 g/mol. The fourth-order valence-corrected chi connectivity index (χ4v) is 3.45. The van der Waals surface area contributed by atoms with Gasteiger partial charge in [0.25, 0.3) is 15.6 Å². The topological polar surface area (TPSA) is 122 Å². The number of hydrogen-bond acceptors (Lipinski definition) is 5. The van der Waals surface area contributed by atoms with Crippen molar-refractivity contribution in [3.63, 3.8) is 0 Å². The Labute approximate surface area is 140 Å². The highest BCUT2D eigenvalue weighted by Gasteiger charge is 2.24. The Morgan fingerprint density at radius 2 is 1.80 bits per heavy atom. The molecule has 0 aliphatic rings. The van der Waals surface area contributed by atoms with Gasteiger partial charge in [-0.25, -0.2) is 4.79 Å². The zero-order chi connectivity index (χ0) is 17.9. The maximum absolute atomic E-state index is 11.3. The summed E-state index contributed by atoms with van der Waals surface area (Å²) in [5.41, 5.74) is 1.90. The third kappa shape index (κ3) is 2.44. The summed E-state index contributed by atoms with van der Waals surface area (Å²) in [5.74, 6) is -0.578. The zero-order valence-corrected chi connectivity index (χ0v) is 13.7. The predicted octanol–water partition coefficient (Wildman–Crippen LogP) is 2.26. The van der Waals surface area contributed by atoms with Crippen molar-refractivity contribution in [3.05, 3.63) is 36.2 Å². The number of fused-ring (bicyclic) bond motifs is 4. The molecule has 0 aliphatic carbocycles. The first-order valence-electron chi connectivity index (χ1n) is 7.22. The van der Waals surface area contributed by atoms with Gasteiger partial charge in [0.05, 0.1) is 17.9 Å². The highest BCUT2D eigenvalue weighted by atomic mass is 32.2. The molecule has 2 N–H and O–H groups in total. The van der Waals surface area contributed by atoms with Crippen LogP contribution < -0.4 is 4.57 Å². The van der Waals surface area contributed by atoms with Crippen LogP contribution in [0.2, 0.25) is 0 Å². The van der Waals surface area contributed by atoms with Gasteiger partial charge in [0.15, 0.2) is 0 Å². The van der Waals surface area contributed by atoms with E-state index >= 15 is 0 Å². The van der Waals surface area contributed by atoms with Crippen molar-refractivity contribution >= 4 is 49.1 Å². The standard InChI is InChI=1S/C16H11NO7S/c1-8-17(7-16(18)19)12-6-14-11(5-15(12)23-8)10-4-9(25(20,21)22)2-3-13(10)24-14/h2-6H,7H2,1H3,(H-,18,19,20,21,22)/p+1. The Morgan fingerprint density at radius 3 is 2.48 bits per heavy atom. The van der Waals surface area contributed by atoms with Crippen LogP contribution in [0.5, 0.6) is 0 Å². The maximum Gasteiger partial charge on any atom is 0.370 e. The molecule has 0 atom stereocenters. The monoisotopic (exact) mass is 362 g/mol. The molecule has 0 unspecified atom stereocenters. The van der Waals surface area contributed by atoms with Gasteiger partial charge in [0.1, 0.15) is 11.2 Å². The summed E-state index contributed by atoms with van der Waals surface area (Å²) >= 11 is 0. The van der Waals surface area contributed by atoms with Crippen LogP contribution in [0.25, 0.3) is 33.0 Å². The molecule has 4 aromatic rings. The lowest BCUT2D eigenvalue weighted by atomic mass is 10.1. The number of aryl methyl sites for hydroxylation is 1.